The first-order valence-corrected chi connectivity index (χ1v) is 10.9. The van der Waals surface area contributed by atoms with Gasteiger partial charge < -0.3 is 38.5 Å². The molecule has 0 fully saturated rings. The van der Waals surface area contributed by atoms with E-state index in [9.17, 15) is 84.2 Å². The summed E-state index contributed by atoms with van der Waals surface area (Å²) in [6.07, 6.45) is -9.70. The van der Waals surface area contributed by atoms with Gasteiger partial charge >= 0.3 is 53.6 Å². The number of esters is 1. The van der Waals surface area contributed by atoms with E-state index in [0.717, 1.165) is 0 Å². The van der Waals surface area contributed by atoms with Crippen LogP contribution < -0.4 is 29.3 Å². The normalized spacial score (nSPS) is 14.9. The van der Waals surface area contributed by atoms with Crippen LogP contribution in [0.2, 0.25) is 0 Å². The summed E-state index contributed by atoms with van der Waals surface area (Å²) in [6.45, 7) is -1.44. The summed E-state index contributed by atoms with van der Waals surface area (Å²) >= 11 is 0. The molecule has 43 heavy (non-hydrogen) atoms. The number of alkyl halides is 17. The Hall–Kier alpha value is -1.82. The van der Waals surface area contributed by atoms with Gasteiger partial charge in [0.15, 0.2) is 0 Å². The maximum Gasteiger partial charge on any atom is 0.460 e. The van der Waals surface area contributed by atoms with Crippen molar-refractivity contribution in [3.63, 3.8) is 0 Å². The summed E-state index contributed by atoms with van der Waals surface area (Å²) in [5.74, 6) is -59.9. The quantitative estimate of drug-likeness (QED) is 0.0695. The van der Waals surface area contributed by atoms with E-state index in [1.54, 1.807) is 0 Å². The SMILES string of the molecule is C[N+](C)(C)CCCNC(=O)C=CC(=O)OCCC(F)(F)C(F)(F)C(F)(F)C(F)(F)C(F)(F)C(F)(F)C(F)(F)C(F)(F)F.[I-]. The van der Waals surface area contributed by atoms with Crippen molar-refractivity contribution in [3.8, 4) is 0 Å². The molecule has 0 aliphatic heterocycles. The molecule has 0 spiro atoms. The van der Waals surface area contributed by atoms with E-state index in [2.05, 4.69) is 10.1 Å². The number of ether oxygens (including phenoxy) is 1. The molecule has 0 heterocycles. The minimum atomic E-state index is -8.72. The second kappa shape index (κ2) is 13.7. The highest BCUT2D eigenvalue weighted by Gasteiger charge is 2.95. The summed E-state index contributed by atoms with van der Waals surface area (Å²) in [4.78, 5) is 22.9. The average Bonchev–Trinajstić information content (AvgIpc) is 2.78. The smallest absolute Gasteiger partial charge is 0.460 e. The zero-order chi connectivity index (χ0) is 34.0. The molecule has 1 N–H and O–H groups in total. The minimum Gasteiger partial charge on any atom is -1.00 e. The molecule has 0 rings (SSSR count). The molecule has 0 unspecified atom stereocenters. The highest BCUT2D eigenvalue weighted by molar-refractivity contribution is 5.94. The summed E-state index contributed by atoms with van der Waals surface area (Å²) < 4.78 is 229. The summed E-state index contributed by atoms with van der Waals surface area (Å²) in [6, 6.07) is 0. The first-order valence-electron chi connectivity index (χ1n) is 10.9. The van der Waals surface area contributed by atoms with Crippen LogP contribution in [0.3, 0.4) is 0 Å². The van der Waals surface area contributed by atoms with E-state index in [4.69, 9.17) is 0 Å². The van der Waals surface area contributed by atoms with Gasteiger partial charge in [0.05, 0.1) is 40.7 Å². The zero-order valence-electron chi connectivity index (χ0n) is 21.7. The number of hydrogen-bond acceptors (Lipinski definition) is 3. The lowest BCUT2D eigenvalue weighted by Gasteiger charge is -2.42. The molecule has 0 saturated heterocycles. The number of rotatable bonds is 15. The molecule has 256 valence electrons. The number of quaternary nitrogens is 1. The lowest BCUT2D eigenvalue weighted by molar-refractivity contribution is -0.870. The topological polar surface area (TPSA) is 55.4 Å². The van der Waals surface area contributed by atoms with Crippen LogP contribution in [0.25, 0.3) is 0 Å². The monoisotopic (exact) mass is 788 g/mol. The van der Waals surface area contributed by atoms with E-state index in [-0.39, 0.29) is 36.6 Å². The van der Waals surface area contributed by atoms with Crippen LogP contribution in [0.5, 0.6) is 0 Å². The first kappa shape index (κ1) is 43.3. The van der Waals surface area contributed by atoms with Crippen molar-refractivity contribution >= 4 is 11.9 Å². The van der Waals surface area contributed by atoms with Crippen molar-refractivity contribution in [1.82, 2.24) is 5.32 Å². The van der Waals surface area contributed by atoms with Crippen molar-refractivity contribution in [2.24, 2.45) is 0 Å². The number of carbonyl (C=O) groups excluding carboxylic acids is 2. The van der Waals surface area contributed by atoms with E-state index in [1.165, 1.54) is 0 Å². The number of nitrogens with one attached hydrogen (secondary N) is 1. The van der Waals surface area contributed by atoms with Crippen LogP contribution >= 0.6 is 0 Å². The third-order valence-electron chi connectivity index (χ3n) is 5.12. The highest BCUT2D eigenvalue weighted by atomic mass is 127. The number of hydrogen-bond donors (Lipinski definition) is 1. The Bertz CT molecular complexity index is 992. The largest absolute Gasteiger partial charge is 1.00 e. The lowest BCUT2D eigenvalue weighted by atomic mass is 9.88. The molecule has 0 aliphatic carbocycles. The number of halogens is 18. The number of amides is 1. The van der Waals surface area contributed by atoms with Crippen LogP contribution in [-0.2, 0) is 14.3 Å². The van der Waals surface area contributed by atoms with Crippen LogP contribution in [-0.4, -0.2) is 105 Å². The molecule has 0 aromatic carbocycles. The molecule has 0 radical (unpaired) electrons. The average molecular weight is 788 g/mol. The molecule has 0 saturated carbocycles. The predicted molar refractivity (Wildman–Crippen MR) is 106 cm³/mol. The Morgan fingerprint density at radius 3 is 1.44 bits per heavy atom. The number of carbonyl (C=O) groups is 2. The fourth-order valence-electron chi connectivity index (χ4n) is 2.65. The molecular weight excluding hydrogens is 766 g/mol. The summed E-state index contributed by atoms with van der Waals surface area (Å²) in [5.41, 5.74) is 0. The van der Waals surface area contributed by atoms with Crippen molar-refractivity contribution < 1.29 is 117 Å². The van der Waals surface area contributed by atoms with Gasteiger partial charge in [0.1, 0.15) is 0 Å². The molecule has 1 amide bonds. The van der Waals surface area contributed by atoms with E-state index < -0.39 is 72.5 Å². The Kier molecular flexibility index (Phi) is 13.8. The Labute approximate surface area is 248 Å². The van der Waals surface area contributed by atoms with Gasteiger partial charge in [-0.2, -0.15) is 74.6 Å². The van der Waals surface area contributed by atoms with Gasteiger partial charge in [-0.15, -0.1) is 0 Å². The molecule has 0 aromatic heterocycles. The molecule has 0 aromatic rings. The van der Waals surface area contributed by atoms with E-state index >= 15 is 0 Å². The van der Waals surface area contributed by atoms with Crippen LogP contribution in [0.1, 0.15) is 12.8 Å². The zero-order valence-corrected chi connectivity index (χ0v) is 23.8. The molecule has 23 heteroatoms. The van der Waals surface area contributed by atoms with E-state index in [1.807, 2.05) is 21.1 Å². The second-order valence-corrected chi connectivity index (χ2v) is 9.56. The molecule has 0 atom stereocenters. The fourth-order valence-corrected chi connectivity index (χ4v) is 2.65. The summed E-state index contributed by atoms with van der Waals surface area (Å²) in [7, 11) is 5.45. The van der Waals surface area contributed by atoms with Gasteiger partial charge in [-0.25, -0.2) is 4.79 Å². The Morgan fingerprint density at radius 1 is 0.651 bits per heavy atom. The molecule has 0 bridgehead atoms. The van der Waals surface area contributed by atoms with Gasteiger partial charge in [-0.1, -0.05) is 0 Å². The van der Waals surface area contributed by atoms with Gasteiger partial charge in [-0.3, -0.25) is 4.79 Å². The first-order chi connectivity index (χ1) is 18.2. The minimum absolute atomic E-state index is 0. The van der Waals surface area contributed by atoms with Gasteiger partial charge in [-0.05, 0) is 0 Å². The fraction of sp³-hybridized carbons (Fsp3) is 0.800. The number of nitrogens with zero attached hydrogens (tertiary/aromatic N) is 1. The highest BCUT2D eigenvalue weighted by Crippen LogP contribution is 2.64. The maximum absolute atomic E-state index is 13.8. The second-order valence-electron chi connectivity index (χ2n) is 9.56. The Morgan fingerprint density at radius 2 is 1.05 bits per heavy atom. The van der Waals surface area contributed by atoms with Crippen molar-refractivity contribution in [2.45, 2.75) is 60.5 Å². The van der Waals surface area contributed by atoms with Gasteiger partial charge in [0, 0.05) is 25.1 Å². The van der Waals surface area contributed by atoms with Crippen LogP contribution in [0.15, 0.2) is 12.2 Å². The van der Waals surface area contributed by atoms with Crippen LogP contribution in [0.4, 0.5) is 74.6 Å². The van der Waals surface area contributed by atoms with Crippen molar-refractivity contribution in [1.29, 1.82) is 0 Å². The third kappa shape index (κ3) is 8.89. The van der Waals surface area contributed by atoms with Crippen molar-refractivity contribution in [2.75, 3.05) is 40.8 Å². The summed E-state index contributed by atoms with van der Waals surface area (Å²) in [5, 5.41) is 2.24. The predicted octanol–water partition coefficient (Wildman–Crippen LogP) is 2.70. The lowest BCUT2D eigenvalue weighted by Crippen LogP contribution is -3.00. The van der Waals surface area contributed by atoms with Crippen LogP contribution in [0, 0.1) is 0 Å². The van der Waals surface area contributed by atoms with Gasteiger partial charge in [0.2, 0.25) is 5.91 Å². The third-order valence-corrected chi connectivity index (χ3v) is 5.12. The standard InChI is InChI=1S/C20H21F17N2O3.HI/c1-39(2,3)9-4-8-38-11(40)5-6-12(41)42-10-7-13(21,22)14(23,24)15(25,26)16(27,28)17(29,30)18(31,32)19(33,34)20(35,36)37;/h5-6H,4,7-10H2,1-3H3;1H. The Balaban J connectivity index is 0. The van der Waals surface area contributed by atoms with Gasteiger partial charge in [0.25, 0.3) is 0 Å². The van der Waals surface area contributed by atoms with Crippen molar-refractivity contribution in [3.05, 3.63) is 12.2 Å². The van der Waals surface area contributed by atoms with E-state index in [0.29, 0.717) is 23.5 Å². The molecular formula is C20H22F17IN2O3. The molecule has 0 aliphatic rings. The maximum atomic E-state index is 13.8. The molecule has 5 nitrogen and oxygen atoms in total.